The van der Waals surface area contributed by atoms with E-state index in [1.165, 1.54) is 23.9 Å². The number of halogens is 1. The quantitative estimate of drug-likeness (QED) is 0.753. The molecule has 0 saturated carbocycles. The van der Waals surface area contributed by atoms with Crippen LogP contribution in [0.25, 0.3) is 0 Å². The molecule has 2 heterocycles. The van der Waals surface area contributed by atoms with Crippen molar-refractivity contribution in [2.75, 3.05) is 18.7 Å². The van der Waals surface area contributed by atoms with Crippen molar-refractivity contribution >= 4 is 23.3 Å². The summed E-state index contributed by atoms with van der Waals surface area (Å²) in [5, 5.41) is 11.5. The molecule has 1 aliphatic rings. The lowest BCUT2D eigenvalue weighted by atomic mass is 10.0. The molecule has 1 aromatic heterocycles. The van der Waals surface area contributed by atoms with Gasteiger partial charge in [0.2, 0.25) is 0 Å². The van der Waals surface area contributed by atoms with Crippen molar-refractivity contribution in [3.05, 3.63) is 71.8 Å². The van der Waals surface area contributed by atoms with Crippen LogP contribution in [0.2, 0.25) is 0 Å². The van der Waals surface area contributed by atoms with Crippen LogP contribution in [-0.4, -0.2) is 28.9 Å². The zero-order valence-corrected chi connectivity index (χ0v) is 14.8. The highest BCUT2D eigenvalue weighted by molar-refractivity contribution is 7.99. The Morgan fingerprint density at radius 2 is 1.85 bits per heavy atom. The molecule has 0 saturated heterocycles. The standard InChI is InChI=1S/C19H16FN3O2S/c1-25-11-23-15-10-13(17(24)12-2-5-14(20)6-3-12)4-7-16(15)26-19-18(23)21-8-9-22-19/h2-10,17,24H,11H2,1H3. The molecule has 1 aliphatic heterocycles. The van der Waals surface area contributed by atoms with Crippen molar-refractivity contribution in [2.24, 2.45) is 0 Å². The number of methoxy groups -OCH3 is 1. The Morgan fingerprint density at radius 3 is 2.62 bits per heavy atom. The zero-order chi connectivity index (χ0) is 18.1. The van der Waals surface area contributed by atoms with Gasteiger partial charge in [-0.15, -0.1) is 0 Å². The first-order valence-corrected chi connectivity index (χ1v) is 8.82. The predicted molar refractivity (Wildman–Crippen MR) is 97.1 cm³/mol. The van der Waals surface area contributed by atoms with Crippen molar-refractivity contribution in [2.45, 2.75) is 16.0 Å². The fraction of sp³-hybridized carbons (Fsp3) is 0.158. The molecule has 7 heteroatoms. The highest BCUT2D eigenvalue weighted by atomic mass is 32.2. The SMILES string of the molecule is COCN1c2cc(C(O)c3ccc(F)cc3)ccc2Sc2nccnc21. The number of ether oxygens (including phenoxy) is 1. The van der Waals surface area contributed by atoms with Gasteiger partial charge < -0.3 is 9.84 Å². The number of hydrogen-bond donors (Lipinski definition) is 1. The molecule has 2 aromatic carbocycles. The highest BCUT2D eigenvalue weighted by Crippen LogP contribution is 2.46. The normalized spacial score (nSPS) is 13.9. The van der Waals surface area contributed by atoms with Crippen molar-refractivity contribution in [1.29, 1.82) is 0 Å². The van der Waals surface area contributed by atoms with Crippen LogP contribution in [0.1, 0.15) is 17.2 Å². The van der Waals surface area contributed by atoms with Crippen LogP contribution >= 0.6 is 11.8 Å². The van der Waals surface area contributed by atoms with Crippen LogP contribution in [-0.2, 0) is 4.74 Å². The Hall–Kier alpha value is -2.48. The Bertz CT molecular complexity index is 936. The molecule has 0 fully saturated rings. The minimum atomic E-state index is -0.849. The lowest BCUT2D eigenvalue weighted by Crippen LogP contribution is -2.24. The zero-order valence-electron chi connectivity index (χ0n) is 14.0. The van der Waals surface area contributed by atoms with Gasteiger partial charge in [0.15, 0.2) is 5.82 Å². The smallest absolute Gasteiger partial charge is 0.168 e. The third-order valence-electron chi connectivity index (χ3n) is 4.14. The van der Waals surface area contributed by atoms with E-state index in [4.69, 9.17) is 4.74 Å². The van der Waals surface area contributed by atoms with Crippen molar-refractivity contribution < 1.29 is 14.2 Å². The first-order chi connectivity index (χ1) is 12.7. The summed E-state index contributed by atoms with van der Waals surface area (Å²) in [7, 11) is 1.62. The molecule has 5 nitrogen and oxygen atoms in total. The number of fused-ring (bicyclic) bond motifs is 2. The largest absolute Gasteiger partial charge is 0.384 e. The van der Waals surface area contributed by atoms with Crippen molar-refractivity contribution in [3.8, 4) is 0 Å². The third-order valence-corrected chi connectivity index (χ3v) is 5.19. The van der Waals surface area contributed by atoms with E-state index in [0.717, 1.165) is 21.4 Å². The molecular weight excluding hydrogens is 353 g/mol. The number of anilines is 2. The Balaban J connectivity index is 1.74. The summed E-state index contributed by atoms with van der Waals surface area (Å²) >= 11 is 1.53. The third kappa shape index (κ3) is 3.05. The van der Waals surface area contributed by atoms with Crippen molar-refractivity contribution in [3.63, 3.8) is 0 Å². The van der Waals surface area contributed by atoms with Crippen molar-refractivity contribution in [1.82, 2.24) is 9.97 Å². The van der Waals surface area contributed by atoms with E-state index >= 15 is 0 Å². The number of aliphatic hydroxyl groups is 1. The fourth-order valence-electron chi connectivity index (χ4n) is 2.89. The van der Waals surface area contributed by atoms with Gasteiger partial charge >= 0.3 is 0 Å². The summed E-state index contributed by atoms with van der Waals surface area (Å²) in [6, 6.07) is 11.6. The van der Waals surface area contributed by atoms with Gasteiger partial charge in [-0.3, -0.25) is 4.90 Å². The second-order valence-corrected chi connectivity index (χ2v) is 6.84. The van der Waals surface area contributed by atoms with Gasteiger partial charge in [-0.05, 0) is 35.4 Å². The van der Waals surface area contributed by atoms with Gasteiger partial charge in [0.25, 0.3) is 0 Å². The average molecular weight is 369 g/mol. The minimum Gasteiger partial charge on any atom is -0.384 e. The van der Waals surface area contributed by atoms with Crippen LogP contribution in [0, 0.1) is 5.82 Å². The van der Waals surface area contributed by atoms with Gasteiger partial charge in [0.05, 0.1) is 5.69 Å². The Kier molecular flexibility index (Phi) is 4.58. The van der Waals surface area contributed by atoms with E-state index in [2.05, 4.69) is 9.97 Å². The number of hydrogen-bond acceptors (Lipinski definition) is 6. The van der Waals surface area contributed by atoms with Crippen LogP contribution in [0.3, 0.4) is 0 Å². The predicted octanol–water partition coefficient (Wildman–Crippen LogP) is 3.90. The monoisotopic (exact) mass is 369 g/mol. The van der Waals surface area contributed by atoms with E-state index in [1.807, 2.05) is 23.1 Å². The number of aromatic nitrogens is 2. The summed E-state index contributed by atoms with van der Waals surface area (Å²) < 4.78 is 18.5. The number of benzene rings is 2. The molecule has 1 unspecified atom stereocenters. The number of rotatable bonds is 4. The minimum absolute atomic E-state index is 0.315. The maximum atomic E-state index is 13.1. The summed E-state index contributed by atoms with van der Waals surface area (Å²) in [6.07, 6.45) is 2.46. The Labute approximate surface area is 154 Å². The number of nitrogens with zero attached hydrogens (tertiary/aromatic N) is 3. The molecule has 0 spiro atoms. The molecule has 4 rings (SSSR count). The second-order valence-electron chi connectivity index (χ2n) is 5.81. The average Bonchev–Trinajstić information content (AvgIpc) is 2.67. The molecular formula is C19H16FN3O2S. The molecule has 26 heavy (non-hydrogen) atoms. The van der Waals surface area contributed by atoms with Crippen LogP contribution in [0.4, 0.5) is 15.9 Å². The van der Waals surface area contributed by atoms with Gasteiger partial charge in [0.1, 0.15) is 23.7 Å². The molecule has 132 valence electrons. The molecule has 0 radical (unpaired) electrons. The molecule has 0 bridgehead atoms. The maximum absolute atomic E-state index is 13.1. The Morgan fingerprint density at radius 1 is 1.12 bits per heavy atom. The van der Waals surface area contributed by atoms with E-state index in [-0.39, 0.29) is 5.82 Å². The van der Waals surface area contributed by atoms with Gasteiger partial charge in [-0.1, -0.05) is 30.0 Å². The van der Waals surface area contributed by atoms with E-state index in [9.17, 15) is 9.50 Å². The molecule has 1 N–H and O–H groups in total. The maximum Gasteiger partial charge on any atom is 0.168 e. The molecule has 0 aliphatic carbocycles. The first-order valence-electron chi connectivity index (χ1n) is 8.00. The lowest BCUT2D eigenvalue weighted by molar-refractivity contribution is 0.204. The summed E-state index contributed by atoms with van der Waals surface area (Å²) in [5.74, 6) is 0.393. The molecule has 1 atom stereocenters. The second kappa shape index (κ2) is 7.03. The summed E-state index contributed by atoms with van der Waals surface area (Å²) in [6.45, 7) is 0.315. The van der Waals surface area contributed by atoms with Crippen LogP contribution < -0.4 is 4.90 Å². The molecule has 3 aromatic rings. The highest BCUT2D eigenvalue weighted by Gasteiger charge is 2.26. The number of aliphatic hydroxyl groups excluding tert-OH is 1. The summed E-state index contributed by atoms with van der Waals surface area (Å²) in [4.78, 5) is 11.7. The summed E-state index contributed by atoms with van der Waals surface area (Å²) in [5.41, 5.74) is 2.24. The first kappa shape index (κ1) is 17.0. The molecule has 0 amide bonds. The van der Waals surface area contributed by atoms with Gasteiger partial charge in [-0.2, -0.15) is 0 Å². The van der Waals surface area contributed by atoms with Gasteiger partial charge in [-0.25, -0.2) is 14.4 Å². The lowest BCUT2D eigenvalue weighted by Gasteiger charge is -2.30. The topological polar surface area (TPSA) is 58.5 Å². The van der Waals surface area contributed by atoms with Crippen LogP contribution in [0.15, 0.2) is 64.8 Å². The van der Waals surface area contributed by atoms with E-state index < -0.39 is 6.10 Å². The van der Waals surface area contributed by atoms with Crippen LogP contribution in [0.5, 0.6) is 0 Å². The van der Waals surface area contributed by atoms with E-state index in [1.54, 1.807) is 31.6 Å². The van der Waals surface area contributed by atoms with E-state index in [0.29, 0.717) is 17.9 Å². The fourth-order valence-corrected chi connectivity index (χ4v) is 3.88. The van der Waals surface area contributed by atoms with Gasteiger partial charge in [0, 0.05) is 24.4 Å².